The number of rotatable bonds is 0. The summed E-state index contributed by atoms with van der Waals surface area (Å²) in [6.45, 7) is 0. The average Bonchev–Trinajstić information content (AvgIpc) is 2.17. The predicted molar refractivity (Wildman–Crippen MR) is 57.0 cm³/mol. The lowest BCUT2D eigenvalue weighted by Crippen LogP contribution is -1.93. The molecule has 0 unspecified atom stereocenters. The third-order valence-electron chi connectivity index (χ3n) is 1.63. The van der Waals surface area contributed by atoms with Crippen LogP contribution in [-0.2, 0) is 0 Å². The normalized spacial score (nSPS) is 9.85. The zero-order chi connectivity index (χ0) is 9.26. The molecule has 0 spiro atoms. The molecule has 62 valence electrons. The summed E-state index contributed by atoms with van der Waals surface area (Å²) in [5, 5.41) is 8.72. The minimum Gasteiger partial charge on any atom is -0.237 e. The van der Waals surface area contributed by atoms with E-state index < -0.39 is 0 Å². The van der Waals surface area contributed by atoms with Gasteiger partial charge in [-0.05, 0) is 34.7 Å². The number of hydrogen-bond donors (Lipinski definition) is 0. The lowest BCUT2D eigenvalue weighted by Gasteiger charge is -1.97. The van der Waals surface area contributed by atoms with E-state index in [0.717, 1.165) is 11.0 Å². The van der Waals surface area contributed by atoms with Crippen molar-refractivity contribution in [3.05, 3.63) is 33.7 Å². The smallest absolute Gasteiger partial charge is 0.173 e. The molecule has 0 N–H and O–H groups in total. The Morgan fingerprint density at radius 3 is 2.38 bits per heavy atom. The van der Waals surface area contributed by atoms with Gasteiger partial charge in [0.2, 0.25) is 0 Å². The van der Waals surface area contributed by atoms with E-state index in [4.69, 9.17) is 5.26 Å². The van der Waals surface area contributed by atoms with Crippen LogP contribution in [0, 0.1) is 15.0 Å². The molecule has 2 aromatic rings. The van der Waals surface area contributed by atoms with Gasteiger partial charge in [-0.1, -0.05) is 12.1 Å². The lowest BCUT2D eigenvalue weighted by molar-refractivity contribution is 1.20. The van der Waals surface area contributed by atoms with Crippen molar-refractivity contribution in [1.29, 1.82) is 5.26 Å². The molecule has 0 aliphatic carbocycles. The van der Waals surface area contributed by atoms with Gasteiger partial charge in [-0.25, -0.2) is 9.97 Å². The molecule has 0 fully saturated rings. The fourth-order valence-corrected chi connectivity index (χ4v) is 1.55. The molecule has 1 aromatic carbocycles. The van der Waals surface area contributed by atoms with Crippen molar-refractivity contribution in [3.63, 3.8) is 0 Å². The maximum atomic E-state index is 8.72. The van der Waals surface area contributed by atoms with Crippen molar-refractivity contribution in [2.24, 2.45) is 0 Å². The zero-order valence-corrected chi connectivity index (χ0v) is 8.69. The molecule has 0 bridgehead atoms. The van der Waals surface area contributed by atoms with Crippen LogP contribution in [0.5, 0.6) is 0 Å². The number of halogens is 1. The maximum absolute atomic E-state index is 8.72. The van der Waals surface area contributed by atoms with Crippen molar-refractivity contribution in [3.8, 4) is 6.07 Å². The molecule has 4 heteroatoms. The summed E-state index contributed by atoms with van der Waals surface area (Å²) >= 11 is 2.01. The summed E-state index contributed by atoms with van der Waals surface area (Å²) in [4.78, 5) is 8.41. The first-order valence-electron chi connectivity index (χ1n) is 3.63. The molecule has 0 amide bonds. The van der Waals surface area contributed by atoms with Gasteiger partial charge in [-0.2, -0.15) is 5.26 Å². The number of aromatic nitrogens is 2. The Labute approximate surface area is 88.6 Å². The molecule has 0 aliphatic heterocycles. The molecule has 0 saturated heterocycles. The summed E-state index contributed by atoms with van der Waals surface area (Å²) in [5.74, 6) is 0. The Kier molecular flexibility index (Phi) is 2.10. The second kappa shape index (κ2) is 3.26. The Morgan fingerprint density at radius 1 is 1.15 bits per heavy atom. The van der Waals surface area contributed by atoms with Gasteiger partial charge in [0, 0.05) is 0 Å². The maximum Gasteiger partial charge on any atom is 0.173 e. The van der Waals surface area contributed by atoms with E-state index in [0.29, 0.717) is 9.39 Å². The SMILES string of the molecule is N#Cc1nc2ccccc2nc1I. The summed E-state index contributed by atoms with van der Waals surface area (Å²) in [5.41, 5.74) is 1.98. The van der Waals surface area contributed by atoms with Crippen LogP contribution in [0.4, 0.5) is 0 Å². The zero-order valence-electron chi connectivity index (χ0n) is 6.53. The highest BCUT2D eigenvalue weighted by Gasteiger charge is 2.03. The lowest BCUT2D eigenvalue weighted by atomic mass is 10.3. The highest BCUT2D eigenvalue weighted by atomic mass is 127. The van der Waals surface area contributed by atoms with Gasteiger partial charge >= 0.3 is 0 Å². The Bertz CT molecular complexity index is 502. The molecule has 13 heavy (non-hydrogen) atoms. The van der Waals surface area contributed by atoms with E-state index in [-0.39, 0.29) is 0 Å². The average molecular weight is 281 g/mol. The first kappa shape index (κ1) is 8.38. The van der Waals surface area contributed by atoms with Crippen molar-refractivity contribution >= 4 is 33.6 Å². The molecule has 3 nitrogen and oxygen atoms in total. The number of nitrogens with zero attached hydrogens (tertiary/aromatic N) is 3. The third-order valence-corrected chi connectivity index (χ3v) is 2.39. The topological polar surface area (TPSA) is 49.6 Å². The fourth-order valence-electron chi connectivity index (χ4n) is 1.05. The van der Waals surface area contributed by atoms with Gasteiger partial charge in [0.15, 0.2) is 5.69 Å². The van der Waals surface area contributed by atoms with Crippen LogP contribution < -0.4 is 0 Å². The summed E-state index contributed by atoms with van der Waals surface area (Å²) in [6, 6.07) is 9.52. The van der Waals surface area contributed by atoms with Gasteiger partial charge < -0.3 is 0 Å². The molecular weight excluding hydrogens is 277 g/mol. The van der Waals surface area contributed by atoms with Crippen LogP contribution in [0.2, 0.25) is 0 Å². The molecule has 2 rings (SSSR count). The standard InChI is InChI=1S/C9H4IN3/c10-9-8(5-11)12-6-3-1-2-4-7(6)13-9/h1-4H. The van der Waals surface area contributed by atoms with Crippen LogP contribution in [-0.4, -0.2) is 9.97 Å². The minimum absolute atomic E-state index is 0.388. The van der Waals surface area contributed by atoms with Crippen LogP contribution in [0.3, 0.4) is 0 Å². The molecule has 0 saturated carbocycles. The van der Waals surface area contributed by atoms with Gasteiger partial charge in [0.05, 0.1) is 11.0 Å². The first-order chi connectivity index (χ1) is 6.31. The monoisotopic (exact) mass is 281 g/mol. The molecule has 0 atom stereocenters. The first-order valence-corrected chi connectivity index (χ1v) is 4.71. The number of fused-ring (bicyclic) bond motifs is 1. The Balaban J connectivity index is 2.83. The van der Waals surface area contributed by atoms with E-state index in [1.54, 1.807) is 0 Å². The Hall–Kier alpha value is -1.22. The van der Waals surface area contributed by atoms with Crippen LogP contribution in [0.25, 0.3) is 11.0 Å². The summed E-state index contributed by atoms with van der Waals surface area (Å²) in [7, 11) is 0. The molecule has 0 radical (unpaired) electrons. The van der Waals surface area contributed by atoms with E-state index in [9.17, 15) is 0 Å². The van der Waals surface area contributed by atoms with E-state index in [2.05, 4.69) is 9.97 Å². The van der Waals surface area contributed by atoms with Crippen LogP contribution in [0.1, 0.15) is 5.69 Å². The Morgan fingerprint density at radius 2 is 1.77 bits per heavy atom. The van der Waals surface area contributed by atoms with Gasteiger partial charge in [0.1, 0.15) is 9.77 Å². The van der Waals surface area contributed by atoms with Crippen molar-refractivity contribution in [2.75, 3.05) is 0 Å². The number of hydrogen-bond acceptors (Lipinski definition) is 3. The van der Waals surface area contributed by atoms with Crippen molar-refractivity contribution in [2.45, 2.75) is 0 Å². The minimum atomic E-state index is 0.388. The molecular formula is C9H4IN3. The quantitative estimate of drug-likeness (QED) is 0.695. The van der Waals surface area contributed by atoms with Crippen molar-refractivity contribution in [1.82, 2.24) is 9.97 Å². The summed E-state index contributed by atoms with van der Waals surface area (Å²) in [6.07, 6.45) is 0. The highest BCUT2D eigenvalue weighted by molar-refractivity contribution is 14.1. The van der Waals surface area contributed by atoms with E-state index in [1.165, 1.54) is 0 Å². The summed E-state index contributed by atoms with van der Waals surface area (Å²) < 4.78 is 0.652. The fraction of sp³-hybridized carbons (Fsp3) is 0. The molecule has 1 aromatic heterocycles. The number of para-hydroxylation sites is 2. The largest absolute Gasteiger partial charge is 0.237 e. The highest BCUT2D eigenvalue weighted by Crippen LogP contribution is 2.13. The number of benzene rings is 1. The third kappa shape index (κ3) is 1.47. The van der Waals surface area contributed by atoms with Crippen molar-refractivity contribution < 1.29 is 0 Å². The second-order valence-corrected chi connectivity index (χ2v) is 3.49. The van der Waals surface area contributed by atoms with Gasteiger partial charge in [-0.3, -0.25) is 0 Å². The second-order valence-electron chi connectivity index (χ2n) is 2.46. The predicted octanol–water partition coefficient (Wildman–Crippen LogP) is 2.11. The van der Waals surface area contributed by atoms with Crippen LogP contribution >= 0.6 is 22.6 Å². The number of nitriles is 1. The van der Waals surface area contributed by atoms with Crippen LogP contribution in [0.15, 0.2) is 24.3 Å². The molecule has 1 heterocycles. The van der Waals surface area contributed by atoms with E-state index in [1.807, 2.05) is 52.9 Å². The van der Waals surface area contributed by atoms with E-state index >= 15 is 0 Å². The van der Waals surface area contributed by atoms with Gasteiger partial charge in [-0.15, -0.1) is 0 Å². The van der Waals surface area contributed by atoms with Gasteiger partial charge in [0.25, 0.3) is 0 Å². The molecule has 0 aliphatic rings.